The predicted octanol–water partition coefficient (Wildman–Crippen LogP) is -0.845. The Morgan fingerprint density at radius 1 is 1.42 bits per heavy atom. The van der Waals surface area contributed by atoms with E-state index in [-0.39, 0.29) is 23.9 Å². The van der Waals surface area contributed by atoms with E-state index in [1.54, 1.807) is 0 Å². The number of hydrogen-bond acceptors (Lipinski definition) is 5. The average Bonchev–Trinajstić information content (AvgIpc) is 2.38. The largest absolute Gasteiger partial charge is 0.480 e. The van der Waals surface area contributed by atoms with Gasteiger partial charge in [-0.3, -0.25) is 9.59 Å². The van der Waals surface area contributed by atoms with Crippen LogP contribution in [0.1, 0.15) is 10.5 Å². The quantitative estimate of drug-likeness (QED) is 0.732. The van der Waals surface area contributed by atoms with Crippen molar-refractivity contribution in [2.45, 2.75) is 6.04 Å². The lowest BCUT2D eigenvalue weighted by molar-refractivity contribution is -0.144. The Morgan fingerprint density at radius 3 is 2.74 bits per heavy atom. The van der Waals surface area contributed by atoms with E-state index in [1.165, 1.54) is 12.1 Å². The summed E-state index contributed by atoms with van der Waals surface area (Å²) in [5.74, 6) is -2.30. The van der Waals surface area contributed by atoms with Gasteiger partial charge in [0.1, 0.15) is 12.6 Å². The zero-order chi connectivity index (χ0) is 14.0. The van der Waals surface area contributed by atoms with E-state index >= 15 is 0 Å². The fourth-order valence-electron chi connectivity index (χ4n) is 1.65. The first kappa shape index (κ1) is 13.2. The van der Waals surface area contributed by atoms with Crippen LogP contribution in [-0.2, 0) is 9.59 Å². The Morgan fingerprint density at radius 2 is 2.16 bits per heavy atom. The minimum Gasteiger partial charge on any atom is -0.480 e. The minimum absolute atomic E-state index is 0.0645. The minimum atomic E-state index is -1.20. The number of amides is 2. The van der Waals surface area contributed by atoms with Crippen LogP contribution in [0.4, 0.5) is 0 Å². The number of carboxylic acids is 1. The van der Waals surface area contributed by atoms with Crippen molar-refractivity contribution in [1.29, 1.82) is 0 Å². The summed E-state index contributed by atoms with van der Waals surface area (Å²) in [4.78, 5) is 35.4. The molecule has 9 heteroatoms. The topological polar surface area (TPSA) is 112 Å². The third-order valence-electron chi connectivity index (χ3n) is 2.58. The van der Waals surface area contributed by atoms with E-state index in [0.29, 0.717) is 0 Å². The first-order valence-electron chi connectivity index (χ1n) is 5.28. The number of aromatic nitrogens is 2. The van der Waals surface area contributed by atoms with Crippen molar-refractivity contribution in [2.75, 3.05) is 13.1 Å². The van der Waals surface area contributed by atoms with Gasteiger partial charge in [-0.05, 0) is 12.1 Å². The van der Waals surface area contributed by atoms with Gasteiger partial charge in [0.05, 0.1) is 0 Å². The van der Waals surface area contributed by atoms with Crippen LogP contribution in [-0.4, -0.2) is 57.1 Å². The second-order valence-electron chi connectivity index (χ2n) is 3.83. The van der Waals surface area contributed by atoms with Crippen LogP contribution >= 0.6 is 11.6 Å². The van der Waals surface area contributed by atoms with Gasteiger partial charge in [-0.15, -0.1) is 10.2 Å². The molecule has 1 atom stereocenters. The lowest BCUT2D eigenvalue weighted by Gasteiger charge is -2.32. The highest BCUT2D eigenvalue weighted by molar-refractivity contribution is 6.29. The van der Waals surface area contributed by atoms with Gasteiger partial charge in [-0.1, -0.05) is 11.6 Å². The molecule has 1 aromatic heterocycles. The summed E-state index contributed by atoms with van der Waals surface area (Å²) >= 11 is 5.55. The molecule has 0 aromatic carbocycles. The van der Waals surface area contributed by atoms with Crippen LogP contribution in [0.3, 0.4) is 0 Å². The zero-order valence-electron chi connectivity index (χ0n) is 9.54. The smallest absolute Gasteiger partial charge is 0.328 e. The molecule has 2 rings (SSSR count). The molecule has 2 N–H and O–H groups in total. The molecule has 1 fully saturated rings. The van der Waals surface area contributed by atoms with Gasteiger partial charge in [0.15, 0.2) is 10.8 Å². The number of hydrogen-bond donors (Lipinski definition) is 2. The maximum atomic E-state index is 12.1. The van der Waals surface area contributed by atoms with Crippen LogP contribution < -0.4 is 5.32 Å². The molecule has 2 heterocycles. The Balaban J connectivity index is 2.26. The molecule has 1 saturated heterocycles. The van der Waals surface area contributed by atoms with E-state index < -0.39 is 23.8 Å². The Hall–Kier alpha value is -2.22. The number of rotatable bonds is 2. The van der Waals surface area contributed by atoms with Gasteiger partial charge in [-0.2, -0.15) is 0 Å². The zero-order valence-corrected chi connectivity index (χ0v) is 10.3. The fraction of sp³-hybridized carbons (Fsp3) is 0.300. The van der Waals surface area contributed by atoms with Crippen LogP contribution in [0.15, 0.2) is 12.1 Å². The Kier molecular flexibility index (Phi) is 3.61. The maximum Gasteiger partial charge on any atom is 0.328 e. The van der Waals surface area contributed by atoms with Crippen molar-refractivity contribution < 1.29 is 19.5 Å². The van der Waals surface area contributed by atoms with E-state index in [1.807, 2.05) is 0 Å². The summed E-state index contributed by atoms with van der Waals surface area (Å²) in [7, 11) is 0. The number of piperazine rings is 1. The van der Waals surface area contributed by atoms with Gasteiger partial charge in [-0.25, -0.2) is 4.79 Å². The molecule has 0 radical (unpaired) electrons. The van der Waals surface area contributed by atoms with Gasteiger partial charge in [0.2, 0.25) is 5.91 Å². The first-order valence-corrected chi connectivity index (χ1v) is 5.66. The summed E-state index contributed by atoms with van der Waals surface area (Å²) in [5.41, 5.74) is -0.0645. The molecule has 1 aliphatic heterocycles. The number of carboxylic acid groups (broad SMARTS) is 1. The number of aliphatic carboxylic acids is 1. The molecule has 100 valence electrons. The summed E-state index contributed by atoms with van der Waals surface area (Å²) in [6, 6.07) is 1.56. The number of halogens is 1. The molecule has 19 heavy (non-hydrogen) atoms. The summed E-state index contributed by atoms with van der Waals surface area (Å²) in [5, 5.41) is 18.6. The van der Waals surface area contributed by atoms with Crippen LogP contribution in [0.5, 0.6) is 0 Å². The van der Waals surface area contributed by atoms with Crippen molar-refractivity contribution in [2.24, 2.45) is 0 Å². The lowest BCUT2D eigenvalue weighted by Crippen LogP contribution is -2.59. The summed E-state index contributed by atoms with van der Waals surface area (Å²) in [6.07, 6.45) is 0. The monoisotopic (exact) mass is 284 g/mol. The Labute approximate surface area is 112 Å². The Bertz CT molecular complexity index is 533. The van der Waals surface area contributed by atoms with E-state index in [0.717, 1.165) is 4.90 Å². The van der Waals surface area contributed by atoms with Crippen LogP contribution in [0.2, 0.25) is 5.15 Å². The van der Waals surface area contributed by atoms with Gasteiger partial charge < -0.3 is 15.3 Å². The highest BCUT2D eigenvalue weighted by Gasteiger charge is 2.36. The van der Waals surface area contributed by atoms with E-state index in [4.69, 9.17) is 16.7 Å². The molecular weight excluding hydrogens is 276 g/mol. The molecule has 1 unspecified atom stereocenters. The molecule has 2 amide bonds. The highest BCUT2D eigenvalue weighted by Crippen LogP contribution is 2.11. The van der Waals surface area contributed by atoms with Gasteiger partial charge >= 0.3 is 5.97 Å². The fourth-order valence-corrected chi connectivity index (χ4v) is 1.75. The lowest BCUT2D eigenvalue weighted by atomic mass is 10.1. The standard InChI is InChI=1S/C10H9ClN4O4/c11-7-2-1-5(13-14-7)9(17)15-4-8(16)12-3-6(15)10(18)19/h1-2,6H,3-4H2,(H,12,16)(H,18,19). The third-order valence-corrected chi connectivity index (χ3v) is 2.78. The molecule has 8 nitrogen and oxygen atoms in total. The SMILES string of the molecule is O=C1CN(C(=O)c2ccc(Cl)nn2)C(C(=O)O)CN1. The molecule has 1 aromatic rings. The number of carbonyl (C=O) groups excluding carboxylic acids is 2. The van der Waals surface area contributed by atoms with Crippen molar-refractivity contribution in [3.05, 3.63) is 23.0 Å². The van der Waals surface area contributed by atoms with Crippen molar-refractivity contribution >= 4 is 29.4 Å². The predicted molar refractivity (Wildman–Crippen MR) is 62.5 cm³/mol. The van der Waals surface area contributed by atoms with Crippen molar-refractivity contribution in [3.63, 3.8) is 0 Å². The molecule has 0 spiro atoms. The number of carbonyl (C=O) groups is 3. The average molecular weight is 285 g/mol. The molecular formula is C10H9ClN4O4. The number of nitrogens with zero attached hydrogens (tertiary/aromatic N) is 3. The second kappa shape index (κ2) is 5.19. The second-order valence-corrected chi connectivity index (χ2v) is 4.22. The number of nitrogens with one attached hydrogen (secondary N) is 1. The molecule has 0 bridgehead atoms. The van der Waals surface area contributed by atoms with Crippen molar-refractivity contribution in [1.82, 2.24) is 20.4 Å². The highest BCUT2D eigenvalue weighted by atomic mass is 35.5. The third kappa shape index (κ3) is 2.79. The van der Waals surface area contributed by atoms with E-state index in [2.05, 4.69) is 15.5 Å². The normalized spacial score (nSPS) is 18.9. The van der Waals surface area contributed by atoms with Gasteiger partial charge in [0.25, 0.3) is 5.91 Å². The van der Waals surface area contributed by atoms with Gasteiger partial charge in [0, 0.05) is 6.54 Å². The van der Waals surface area contributed by atoms with Crippen LogP contribution in [0.25, 0.3) is 0 Å². The van der Waals surface area contributed by atoms with E-state index in [9.17, 15) is 14.4 Å². The maximum absolute atomic E-state index is 12.1. The van der Waals surface area contributed by atoms with Crippen molar-refractivity contribution in [3.8, 4) is 0 Å². The molecule has 0 saturated carbocycles. The first-order chi connectivity index (χ1) is 8.99. The summed E-state index contributed by atoms with van der Waals surface area (Å²) in [6.45, 7) is -0.471. The van der Waals surface area contributed by atoms with Crippen LogP contribution in [0, 0.1) is 0 Å². The molecule has 0 aliphatic carbocycles. The molecule has 1 aliphatic rings. The summed E-state index contributed by atoms with van der Waals surface area (Å²) < 4.78 is 0.